The molecule has 116 valence electrons. The molecule has 0 bridgehead atoms. The van der Waals surface area contributed by atoms with Gasteiger partial charge in [0.2, 0.25) is 0 Å². The van der Waals surface area contributed by atoms with Gasteiger partial charge in [0.15, 0.2) is 0 Å². The largest absolute Gasteiger partial charge is 1.00 e. The predicted octanol–water partition coefficient (Wildman–Crippen LogP) is 3.38. The summed E-state index contributed by atoms with van der Waals surface area (Å²) in [5, 5.41) is 0.149. The second-order valence-electron chi connectivity index (χ2n) is 7.19. The zero-order valence-electron chi connectivity index (χ0n) is 13.9. The maximum absolute atomic E-state index is 14.1. The third kappa shape index (κ3) is 4.66. The second kappa shape index (κ2) is 9.08. The number of hydrogen-bond donors (Lipinski definition) is 0. The van der Waals surface area contributed by atoms with Crippen LogP contribution in [0.15, 0.2) is 12.1 Å². The molecule has 0 atom stereocenters. The van der Waals surface area contributed by atoms with Crippen LogP contribution in [0.2, 0.25) is 5.02 Å². The molecule has 0 saturated heterocycles. The van der Waals surface area contributed by atoms with Crippen molar-refractivity contribution in [2.24, 2.45) is 17.8 Å². The van der Waals surface area contributed by atoms with E-state index in [9.17, 15) is 4.39 Å². The van der Waals surface area contributed by atoms with Crippen molar-refractivity contribution in [3.63, 3.8) is 0 Å². The molecule has 0 nitrogen and oxygen atoms in total. The first-order chi connectivity index (χ1) is 10.1. The Hall–Kier alpha value is 1.25. The Bertz CT molecular complexity index is 474. The Kier molecular flexibility index (Phi) is 8.08. The summed E-state index contributed by atoms with van der Waals surface area (Å²) >= 11 is 5.87. The molecule has 0 aliphatic heterocycles. The van der Waals surface area contributed by atoms with Crippen LogP contribution in [0.1, 0.15) is 69.8 Å². The van der Waals surface area contributed by atoms with E-state index in [1.54, 1.807) is 6.07 Å². The van der Waals surface area contributed by atoms with Gasteiger partial charge in [-0.15, -0.1) is 17.2 Å². The average Bonchev–Trinajstić information content (AvgIpc) is 2.51. The van der Waals surface area contributed by atoms with Gasteiger partial charge in [-0.1, -0.05) is 19.8 Å². The number of halogens is 2. The van der Waals surface area contributed by atoms with Crippen molar-refractivity contribution >= 4 is 11.6 Å². The smallest absolute Gasteiger partial charge is 0.283 e. The molecule has 0 unspecified atom stereocenters. The van der Waals surface area contributed by atoms with E-state index in [4.69, 9.17) is 11.6 Å². The standard InChI is InChI=1S/C19H25ClF.Rb/c1-13-5-7-14(8-6-13)15-9-11-16(12-10-15)17-3-2-4-18(20)19(17)21;/h2-3,13-16H,5-12H2,1H3;/q-1;+1. The molecule has 0 radical (unpaired) electrons. The molecule has 2 aliphatic carbocycles. The van der Waals surface area contributed by atoms with Crippen molar-refractivity contribution in [2.75, 3.05) is 0 Å². The average molecular weight is 393 g/mol. The molecule has 2 saturated carbocycles. The van der Waals surface area contributed by atoms with Gasteiger partial charge in [0.1, 0.15) is 0 Å². The molecule has 0 N–H and O–H groups in total. The number of benzene rings is 1. The van der Waals surface area contributed by atoms with Crippen LogP contribution in [0.3, 0.4) is 0 Å². The van der Waals surface area contributed by atoms with Gasteiger partial charge in [-0.2, -0.15) is 18.2 Å². The summed E-state index contributed by atoms with van der Waals surface area (Å²) in [4.78, 5) is 0. The van der Waals surface area contributed by atoms with Crippen molar-refractivity contribution in [3.05, 3.63) is 34.6 Å². The fourth-order valence-corrected chi connectivity index (χ4v) is 4.61. The molecule has 3 heteroatoms. The van der Waals surface area contributed by atoms with E-state index in [1.165, 1.54) is 38.5 Å². The normalized spacial score (nSPS) is 32.3. The van der Waals surface area contributed by atoms with Gasteiger partial charge < -0.3 is 0 Å². The van der Waals surface area contributed by atoms with E-state index in [-0.39, 0.29) is 69.0 Å². The minimum atomic E-state index is -0.242. The van der Waals surface area contributed by atoms with Gasteiger partial charge in [0, 0.05) is 5.82 Å². The van der Waals surface area contributed by atoms with Gasteiger partial charge in [-0.3, -0.25) is 4.39 Å². The van der Waals surface area contributed by atoms with E-state index in [0.717, 1.165) is 36.2 Å². The molecule has 0 spiro atoms. The van der Waals surface area contributed by atoms with Crippen molar-refractivity contribution < 1.29 is 62.6 Å². The Morgan fingerprint density at radius 2 is 1.55 bits per heavy atom. The van der Waals surface area contributed by atoms with Crippen molar-refractivity contribution in [1.82, 2.24) is 0 Å². The zero-order valence-corrected chi connectivity index (χ0v) is 19.5. The predicted molar refractivity (Wildman–Crippen MR) is 86.1 cm³/mol. The SMILES string of the molecule is CC1CCC(C2CCC(c3cc[c-]c(Cl)c3F)CC2)CC1.[Rb+]. The third-order valence-electron chi connectivity index (χ3n) is 5.86. The summed E-state index contributed by atoms with van der Waals surface area (Å²) in [6, 6.07) is 6.36. The molecule has 2 aliphatic rings. The van der Waals surface area contributed by atoms with Gasteiger partial charge in [0.05, 0.1) is 0 Å². The monoisotopic (exact) mass is 392 g/mol. The molecule has 0 aromatic heterocycles. The van der Waals surface area contributed by atoms with E-state index in [2.05, 4.69) is 13.0 Å². The summed E-state index contributed by atoms with van der Waals surface area (Å²) in [6.45, 7) is 2.38. The van der Waals surface area contributed by atoms with E-state index >= 15 is 0 Å². The first-order valence-corrected chi connectivity index (χ1v) is 8.88. The summed E-state index contributed by atoms with van der Waals surface area (Å²) in [6.07, 6.45) is 10.4. The van der Waals surface area contributed by atoms with Crippen molar-refractivity contribution in [2.45, 2.75) is 64.2 Å². The Labute approximate surface area is 188 Å². The maximum atomic E-state index is 14.1. The minimum Gasteiger partial charge on any atom is -0.283 e. The maximum Gasteiger partial charge on any atom is 1.00 e. The van der Waals surface area contributed by atoms with Crippen molar-refractivity contribution in [1.29, 1.82) is 0 Å². The molecule has 3 rings (SSSR count). The Morgan fingerprint density at radius 3 is 2.14 bits per heavy atom. The number of rotatable bonds is 2. The quantitative estimate of drug-likeness (QED) is 0.676. The molecular formula is C19H25ClFRb. The van der Waals surface area contributed by atoms with Crippen LogP contribution in [-0.2, 0) is 0 Å². The Balaban J connectivity index is 0.00000176. The third-order valence-corrected chi connectivity index (χ3v) is 6.13. The zero-order chi connectivity index (χ0) is 14.8. The Morgan fingerprint density at radius 1 is 1.00 bits per heavy atom. The molecular weight excluding hydrogens is 368 g/mol. The fourth-order valence-electron chi connectivity index (χ4n) is 4.44. The van der Waals surface area contributed by atoms with Crippen LogP contribution < -0.4 is 58.2 Å². The van der Waals surface area contributed by atoms with Gasteiger partial charge >= 0.3 is 58.2 Å². The van der Waals surface area contributed by atoms with E-state index in [0.29, 0.717) is 5.92 Å². The van der Waals surface area contributed by atoms with Gasteiger partial charge in [0.25, 0.3) is 0 Å². The topological polar surface area (TPSA) is 0 Å². The first kappa shape index (κ1) is 19.6. The molecule has 1 aromatic rings. The van der Waals surface area contributed by atoms with Crippen LogP contribution >= 0.6 is 11.6 Å². The first-order valence-electron chi connectivity index (χ1n) is 8.50. The molecule has 22 heavy (non-hydrogen) atoms. The minimum absolute atomic E-state index is 0. The number of hydrogen-bond acceptors (Lipinski definition) is 0. The molecule has 0 amide bonds. The van der Waals surface area contributed by atoms with E-state index in [1.807, 2.05) is 6.07 Å². The van der Waals surface area contributed by atoms with E-state index < -0.39 is 0 Å². The summed E-state index contributed by atoms with van der Waals surface area (Å²) < 4.78 is 14.1. The molecule has 0 heterocycles. The molecule has 1 aromatic carbocycles. The van der Waals surface area contributed by atoms with Crippen LogP contribution in [-0.4, -0.2) is 0 Å². The van der Waals surface area contributed by atoms with Crippen LogP contribution in [0, 0.1) is 29.6 Å². The van der Waals surface area contributed by atoms with Crippen LogP contribution in [0.4, 0.5) is 4.39 Å². The second-order valence-corrected chi connectivity index (χ2v) is 7.57. The summed E-state index contributed by atoms with van der Waals surface area (Å²) in [7, 11) is 0. The van der Waals surface area contributed by atoms with Crippen LogP contribution in [0.25, 0.3) is 0 Å². The fraction of sp³-hybridized carbons (Fsp3) is 0.684. The van der Waals surface area contributed by atoms with Crippen LogP contribution in [0.5, 0.6) is 0 Å². The summed E-state index contributed by atoms with van der Waals surface area (Å²) in [5.41, 5.74) is 0.814. The summed E-state index contributed by atoms with van der Waals surface area (Å²) in [5.74, 6) is 2.85. The van der Waals surface area contributed by atoms with Gasteiger partial charge in [-0.05, 0) is 67.2 Å². The van der Waals surface area contributed by atoms with Crippen molar-refractivity contribution in [3.8, 4) is 0 Å². The molecule has 2 fully saturated rings. The van der Waals surface area contributed by atoms with Gasteiger partial charge in [-0.25, -0.2) is 0 Å².